The van der Waals surface area contributed by atoms with Crippen LogP contribution in [0.1, 0.15) is 27.9 Å². The number of sulfonamides is 1. The molecule has 0 spiro atoms. The van der Waals surface area contributed by atoms with Crippen LogP contribution in [0.25, 0.3) is 0 Å². The van der Waals surface area contributed by atoms with E-state index in [1.54, 1.807) is 19.2 Å². The van der Waals surface area contributed by atoms with Crippen molar-refractivity contribution in [3.05, 3.63) is 59.2 Å². The number of anilines is 1. The number of aryl methyl sites for hydroxylation is 2. The second kappa shape index (κ2) is 8.93. The van der Waals surface area contributed by atoms with Crippen LogP contribution >= 0.6 is 0 Å². The van der Waals surface area contributed by atoms with Gasteiger partial charge in [0.05, 0.1) is 4.90 Å². The molecule has 0 aliphatic carbocycles. The Morgan fingerprint density at radius 3 is 2.38 bits per heavy atom. The summed E-state index contributed by atoms with van der Waals surface area (Å²) in [6.07, 6.45) is 0.572. The topological polar surface area (TPSA) is 84.5 Å². The van der Waals surface area contributed by atoms with Gasteiger partial charge in [0.15, 0.2) is 0 Å². The highest BCUT2D eigenvalue weighted by molar-refractivity contribution is 7.89. The molecule has 2 N–H and O–H groups in total. The highest BCUT2D eigenvalue weighted by atomic mass is 32.2. The average molecular weight is 376 g/mol. The van der Waals surface area contributed by atoms with E-state index >= 15 is 0 Å². The van der Waals surface area contributed by atoms with Crippen molar-refractivity contribution >= 4 is 21.6 Å². The molecule has 7 heteroatoms. The Bertz CT molecular complexity index is 859. The summed E-state index contributed by atoms with van der Waals surface area (Å²) in [5, 5.41) is 2.86. The van der Waals surface area contributed by atoms with Gasteiger partial charge in [-0.25, -0.2) is 13.1 Å². The van der Waals surface area contributed by atoms with E-state index in [9.17, 15) is 13.2 Å². The number of nitrogens with one attached hydrogen (secondary N) is 2. The maximum absolute atomic E-state index is 12.6. The Kier molecular flexibility index (Phi) is 6.90. The van der Waals surface area contributed by atoms with Gasteiger partial charge in [-0.15, -0.1) is 0 Å². The van der Waals surface area contributed by atoms with Gasteiger partial charge >= 0.3 is 0 Å². The molecule has 0 heterocycles. The maximum atomic E-state index is 12.6. The minimum Gasteiger partial charge on any atom is -0.385 e. The van der Waals surface area contributed by atoms with Gasteiger partial charge in [0.1, 0.15) is 0 Å². The fourth-order valence-corrected chi connectivity index (χ4v) is 3.63. The lowest BCUT2D eigenvalue weighted by molar-refractivity contribution is 0.102. The molecule has 2 aromatic carbocycles. The number of para-hydroxylation sites is 1. The molecule has 0 radical (unpaired) electrons. The van der Waals surface area contributed by atoms with Crippen LogP contribution in [-0.2, 0) is 14.8 Å². The number of hydrogen-bond donors (Lipinski definition) is 2. The van der Waals surface area contributed by atoms with Crippen LogP contribution in [0.3, 0.4) is 0 Å². The van der Waals surface area contributed by atoms with E-state index in [1.807, 2.05) is 32.0 Å². The third-order valence-electron chi connectivity index (χ3n) is 3.94. The third-order valence-corrected chi connectivity index (χ3v) is 5.40. The van der Waals surface area contributed by atoms with Crippen LogP contribution in [0.5, 0.6) is 0 Å². The predicted molar refractivity (Wildman–Crippen MR) is 102 cm³/mol. The highest BCUT2D eigenvalue weighted by Crippen LogP contribution is 2.21. The van der Waals surface area contributed by atoms with Gasteiger partial charge in [0, 0.05) is 31.5 Å². The highest BCUT2D eigenvalue weighted by Gasteiger charge is 2.16. The number of carbonyl (C=O) groups excluding carboxylic acids is 1. The van der Waals surface area contributed by atoms with Gasteiger partial charge in [-0.1, -0.05) is 24.3 Å². The van der Waals surface area contributed by atoms with Gasteiger partial charge in [0.2, 0.25) is 10.0 Å². The molecule has 1 amide bonds. The average Bonchev–Trinajstić information content (AvgIpc) is 2.62. The zero-order valence-corrected chi connectivity index (χ0v) is 16.0. The molecule has 0 bridgehead atoms. The van der Waals surface area contributed by atoms with Crippen molar-refractivity contribution in [2.75, 3.05) is 25.6 Å². The number of hydrogen-bond acceptors (Lipinski definition) is 4. The van der Waals surface area contributed by atoms with Crippen molar-refractivity contribution in [1.82, 2.24) is 4.72 Å². The van der Waals surface area contributed by atoms with Gasteiger partial charge in [-0.2, -0.15) is 0 Å². The lowest BCUT2D eigenvalue weighted by Crippen LogP contribution is -2.26. The smallest absolute Gasteiger partial charge is 0.255 e. The number of ether oxygens (including phenoxy) is 1. The van der Waals surface area contributed by atoms with Gasteiger partial charge in [0.25, 0.3) is 5.91 Å². The molecule has 0 aromatic heterocycles. The lowest BCUT2D eigenvalue weighted by Gasteiger charge is -2.12. The van der Waals surface area contributed by atoms with Crippen molar-refractivity contribution in [3.8, 4) is 0 Å². The molecule has 140 valence electrons. The molecule has 2 aromatic rings. The first kappa shape index (κ1) is 20.1. The van der Waals surface area contributed by atoms with E-state index in [0.717, 1.165) is 16.8 Å². The summed E-state index contributed by atoms with van der Waals surface area (Å²) in [5.41, 5.74) is 2.92. The van der Waals surface area contributed by atoms with Gasteiger partial charge in [-0.3, -0.25) is 4.79 Å². The van der Waals surface area contributed by atoms with E-state index in [0.29, 0.717) is 13.0 Å². The molecule has 0 atom stereocenters. The molecular weight excluding hydrogens is 352 g/mol. The summed E-state index contributed by atoms with van der Waals surface area (Å²) in [7, 11) is -2.11. The van der Waals surface area contributed by atoms with Gasteiger partial charge < -0.3 is 10.1 Å². The Balaban J connectivity index is 2.16. The first-order chi connectivity index (χ1) is 12.3. The van der Waals surface area contributed by atoms with E-state index in [-0.39, 0.29) is 22.9 Å². The van der Waals surface area contributed by atoms with Crippen molar-refractivity contribution in [2.45, 2.75) is 25.2 Å². The second-order valence-electron chi connectivity index (χ2n) is 5.99. The first-order valence-electron chi connectivity index (χ1n) is 8.31. The molecule has 0 fully saturated rings. The van der Waals surface area contributed by atoms with Crippen molar-refractivity contribution < 1.29 is 17.9 Å². The number of carbonyl (C=O) groups is 1. The summed E-state index contributed by atoms with van der Waals surface area (Å²) < 4.78 is 32.1. The predicted octanol–water partition coefficient (Wildman–Crippen LogP) is 2.87. The molecule has 2 rings (SSSR count). The van der Waals surface area contributed by atoms with Crippen molar-refractivity contribution in [1.29, 1.82) is 0 Å². The Morgan fingerprint density at radius 1 is 1.08 bits per heavy atom. The van der Waals surface area contributed by atoms with Crippen LogP contribution in [0.2, 0.25) is 0 Å². The number of rotatable bonds is 8. The Hall–Kier alpha value is -2.22. The quantitative estimate of drug-likeness (QED) is 0.694. The summed E-state index contributed by atoms with van der Waals surface area (Å²) in [6, 6.07) is 11.7. The zero-order chi connectivity index (χ0) is 19.2. The fraction of sp³-hybridized carbons (Fsp3) is 0.316. The first-order valence-corrected chi connectivity index (χ1v) is 9.79. The van der Waals surface area contributed by atoms with Crippen LogP contribution in [-0.4, -0.2) is 34.6 Å². The van der Waals surface area contributed by atoms with E-state index in [2.05, 4.69) is 10.0 Å². The largest absolute Gasteiger partial charge is 0.385 e. The standard InChI is InChI=1S/C19H24N2O4S/c1-14-7-4-8-15(2)18(14)21-19(22)16-9-5-10-17(13-16)26(23,24)20-11-6-12-25-3/h4-5,7-10,13,20H,6,11-12H2,1-3H3,(H,21,22). The number of amides is 1. The van der Waals surface area contributed by atoms with E-state index < -0.39 is 10.0 Å². The Labute approximate surface area is 154 Å². The summed E-state index contributed by atoms with van der Waals surface area (Å²) in [5.74, 6) is -0.348. The molecule has 0 unspecified atom stereocenters. The van der Waals surface area contributed by atoms with Crippen LogP contribution in [0.4, 0.5) is 5.69 Å². The molecule has 0 aliphatic rings. The maximum Gasteiger partial charge on any atom is 0.255 e. The molecular formula is C19H24N2O4S. The van der Waals surface area contributed by atoms with Crippen LogP contribution in [0, 0.1) is 13.8 Å². The number of methoxy groups -OCH3 is 1. The molecule has 6 nitrogen and oxygen atoms in total. The molecule has 0 aliphatic heterocycles. The zero-order valence-electron chi connectivity index (χ0n) is 15.2. The second-order valence-corrected chi connectivity index (χ2v) is 7.76. The summed E-state index contributed by atoms with van der Waals surface area (Å²) in [6.45, 7) is 4.57. The normalized spacial score (nSPS) is 11.3. The molecule has 0 saturated carbocycles. The lowest BCUT2D eigenvalue weighted by atomic mass is 10.1. The SMILES string of the molecule is COCCCNS(=O)(=O)c1cccc(C(=O)Nc2c(C)cccc2C)c1. The van der Waals surface area contributed by atoms with Crippen LogP contribution < -0.4 is 10.0 Å². The number of benzene rings is 2. The molecule has 0 saturated heterocycles. The van der Waals surface area contributed by atoms with Crippen molar-refractivity contribution in [3.63, 3.8) is 0 Å². The summed E-state index contributed by atoms with van der Waals surface area (Å²) in [4.78, 5) is 12.6. The van der Waals surface area contributed by atoms with E-state index in [4.69, 9.17) is 4.74 Å². The fourth-order valence-electron chi connectivity index (χ4n) is 2.51. The minimum atomic E-state index is -3.67. The Morgan fingerprint density at radius 2 is 1.73 bits per heavy atom. The van der Waals surface area contributed by atoms with Crippen LogP contribution in [0.15, 0.2) is 47.4 Å². The molecule has 26 heavy (non-hydrogen) atoms. The summed E-state index contributed by atoms with van der Waals surface area (Å²) >= 11 is 0. The van der Waals surface area contributed by atoms with Crippen molar-refractivity contribution in [2.24, 2.45) is 0 Å². The third kappa shape index (κ3) is 5.14. The van der Waals surface area contributed by atoms with Gasteiger partial charge in [-0.05, 0) is 49.6 Å². The van der Waals surface area contributed by atoms with E-state index in [1.165, 1.54) is 12.1 Å². The minimum absolute atomic E-state index is 0.0593. The monoisotopic (exact) mass is 376 g/mol.